The van der Waals surface area contributed by atoms with Gasteiger partial charge in [0.2, 0.25) is 0 Å². The molecule has 0 unspecified atom stereocenters. The van der Waals surface area contributed by atoms with Gasteiger partial charge in [-0.2, -0.15) is 0 Å². The quantitative estimate of drug-likeness (QED) is 0.168. The molecule has 0 saturated carbocycles. The summed E-state index contributed by atoms with van der Waals surface area (Å²) in [6.07, 6.45) is 0. The average Bonchev–Trinajstić information content (AvgIpc) is 3.83. The Labute approximate surface area is 343 Å². The van der Waals surface area contributed by atoms with E-state index in [0.29, 0.717) is 11.4 Å². The Hall–Kier alpha value is -7.82. The highest BCUT2D eigenvalue weighted by atomic mass is 16.3. The second-order valence-corrected chi connectivity index (χ2v) is 15.0. The smallest absolute Gasteiger partial charge is 0.163 e. The van der Waals surface area contributed by atoms with E-state index in [4.69, 9.17) is 4.42 Å². The molecule has 1 aliphatic rings. The monoisotopic (exact) mass is 758 g/mol. The molecule has 0 saturated heterocycles. The van der Waals surface area contributed by atoms with Gasteiger partial charge in [0, 0.05) is 33.4 Å². The standard InChI is InChI=1S/C55H38N2O2/c58-54-49(56(40-23-9-3-10-24-40)41-25-11-4-12-26-41)32-18-33-50(54)57(42-35-36-52-45(37-42)43-27-14-16-34-51(43)59-52)48-31-17-30-47-53(48)44-28-13-15-29-46(44)55(47,38-19-5-1-6-20-38)39-21-7-2-8-22-39/h1-37,58H. The summed E-state index contributed by atoms with van der Waals surface area (Å²) in [4.78, 5) is 4.35. The van der Waals surface area contributed by atoms with Crippen molar-refractivity contribution in [2.24, 2.45) is 0 Å². The largest absolute Gasteiger partial charge is 0.504 e. The van der Waals surface area contributed by atoms with Crippen molar-refractivity contribution >= 4 is 56.1 Å². The maximum atomic E-state index is 12.9. The Morgan fingerprint density at radius 2 is 0.881 bits per heavy atom. The Morgan fingerprint density at radius 1 is 0.373 bits per heavy atom. The van der Waals surface area contributed by atoms with Crippen LogP contribution in [0.15, 0.2) is 229 Å². The topological polar surface area (TPSA) is 39.9 Å². The van der Waals surface area contributed by atoms with Gasteiger partial charge in [-0.3, -0.25) is 0 Å². The molecule has 1 aliphatic carbocycles. The number of furan rings is 1. The maximum Gasteiger partial charge on any atom is 0.163 e. The third kappa shape index (κ3) is 5.38. The predicted molar refractivity (Wildman–Crippen MR) is 242 cm³/mol. The fraction of sp³-hybridized carbons (Fsp3) is 0.0182. The molecular formula is C55H38N2O2. The summed E-state index contributed by atoms with van der Waals surface area (Å²) in [5.41, 5.74) is 13.1. The summed E-state index contributed by atoms with van der Waals surface area (Å²) < 4.78 is 6.34. The highest BCUT2D eigenvalue weighted by Gasteiger charge is 2.47. The molecule has 280 valence electrons. The number of aromatic hydroxyl groups is 1. The third-order valence-corrected chi connectivity index (χ3v) is 11.8. The Morgan fingerprint density at radius 3 is 1.56 bits per heavy atom. The van der Waals surface area contributed by atoms with Crippen molar-refractivity contribution < 1.29 is 9.52 Å². The molecule has 0 aliphatic heterocycles. The lowest BCUT2D eigenvalue weighted by molar-refractivity contribution is 0.478. The highest BCUT2D eigenvalue weighted by molar-refractivity contribution is 6.07. The average molecular weight is 759 g/mol. The van der Waals surface area contributed by atoms with Crippen LogP contribution in [0.4, 0.5) is 34.1 Å². The molecule has 4 nitrogen and oxygen atoms in total. The molecule has 4 heteroatoms. The zero-order chi connectivity index (χ0) is 39.3. The van der Waals surface area contributed by atoms with E-state index in [0.717, 1.165) is 55.8 Å². The van der Waals surface area contributed by atoms with Crippen molar-refractivity contribution in [1.82, 2.24) is 0 Å². The number of fused-ring (bicyclic) bond motifs is 6. The van der Waals surface area contributed by atoms with Crippen molar-refractivity contribution in [3.63, 3.8) is 0 Å². The number of phenolic OH excluding ortho intramolecular Hbond substituents is 1. The van der Waals surface area contributed by atoms with Gasteiger partial charge >= 0.3 is 0 Å². The van der Waals surface area contributed by atoms with Crippen molar-refractivity contribution in [3.05, 3.63) is 247 Å². The molecule has 10 aromatic rings. The van der Waals surface area contributed by atoms with Crippen LogP contribution in [0.5, 0.6) is 5.75 Å². The number of rotatable bonds is 8. The molecule has 0 spiro atoms. The van der Waals surface area contributed by atoms with Crippen LogP contribution in [0.2, 0.25) is 0 Å². The van der Waals surface area contributed by atoms with E-state index in [1.54, 1.807) is 0 Å². The summed E-state index contributed by atoms with van der Waals surface area (Å²) in [5.74, 6) is 0.152. The first-order valence-corrected chi connectivity index (χ1v) is 20.0. The number of phenols is 1. The Bertz CT molecular complexity index is 3040. The molecule has 0 radical (unpaired) electrons. The van der Waals surface area contributed by atoms with Crippen LogP contribution in [0, 0.1) is 0 Å². The number of nitrogens with zero attached hydrogens (tertiary/aromatic N) is 2. The van der Waals surface area contributed by atoms with Gasteiger partial charge < -0.3 is 19.3 Å². The van der Waals surface area contributed by atoms with E-state index in [2.05, 4.69) is 155 Å². The Kier molecular flexibility index (Phi) is 8.16. The SMILES string of the molecule is Oc1c(N(c2ccccc2)c2ccccc2)cccc1N(c1ccc2oc3ccccc3c2c1)c1cccc2c1-c1ccccc1C2(c1ccccc1)c1ccccc1. The van der Waals surface area contributed by atoms with Crippen LogP contribution in [0.3, 0.4) is 0 Å². The molecule has 9 aromatic carbocycles. The van der Waals surface area contributed by atoms with Gasteiger partial charge in [-0.15, -0.1) is 0 Å². The fourth-order valence-corrected chi connectivity index (χ4v) is 9.38. The normalized spacial score (nSPS) is 12.6. The maximum absolute atomic E-state index is 12.9. The van der Waals surface area contributed by atoms with Gasteiger partial charge in [0.1, 0.15) is 11.2 Å². The van der Waals surface area contributed by atoms with Crippen LogP contribution < -0.4 is 9.80 Å². The molecular weight excluding hydrogens is 721 g/mol. The number of hydrogen-bond acceptors (Lipinski definition) is 4. The van der Waals surface area contributed by atoms with Gasteiger partial charge in [-0.25, -0.2) is 0 Å². The molecule has 0 amide bonds. The molecule has 0 atom stereocenters. The molecule has 0 bridgehead atoms. The summed E-state index contributed by atoms with van der Waals surface area (Å²) in [7, 11) is 0. The van der Waals surface area contributed by atoms with Crippen molar-refractivity contribution in [3.8, 4) is 16.9 Å². The molecule has 59 heavy (non-hydrogen) atoms. The van der Waals surface area contributed by atoms with Crippen molar-refractivity contribution in [2.45, 2.75) is 5.41 Å². The van der Waals surface area contributed by atoms with E-state index in [-0.39, 0.29) is 5.75 Å². The fourth-order valence-electron chi connectivity index (χ4n) is 9.38. The second-order valence-electron chi connectivity index (χ2n) is 15.0. The minimum Gasteiger partial charge on any atom is -0.504 e. The zero-order valence-corrected chi connectivity index (χ0v) is 32.1. The second kappa shape index (κ2) is 14.0. The van der Waals surface area contributed by atoms with Gasteiger partial charge in [0.25, 0.3) is 0 Å². The van der Waals surface area contributed by atoms with E-state index in [1.807, 2.05) is 78.9 Å². The van der Waals surface area contributed by atoms with E-state index in [1.165, 1.54) is 22.3 Å². The van der Waals surface area contributed by atoms with Gasteiger partial charge in [-0.1, -0.05) is 158 Å². The van der Waals surface area contributed by atoms with E-state index in [9.17, 15) is 5.11 Å². The number of benzene rings is 9. The lowest BCUT2D eigenvalue weighted by atomic mass is 9.68. The van der Waals surface area contributed by atoms with Crippen LogP contribution in [-0.2, 0) is 5.41 Å². The van der Waals surface area contributed by atoms with Crippen molar-refractivity contribution in [1.29, 1.82) is 0 Å². The van der Waals surface area contributed by atoms with Gasteiger partial charge in [0.05, 0.1) is 22.5 Å². The summed E-state index contributed by atoms with van der Waals surface area (Å²) in [5, 5.41) is 15.0. The minimum absolute atomic E-state index is 0.152. The summed E-state index contributed by atoms with van der Waals surface area (Å²) in [6.45, 7) is 0. The van der Waals surface area contributed by atoms with Gasteiger partial charge in [0.15, 0.2) is 5.75 Å². The molecule has 1 heterocycles. The van der Waals surface area contributed by atoms with Crippen LogP contribution in [0.25, 0.3) is 33.1 Å². The predicted octanol–water partition coefficient (Wildman–Crippen LogP) is 14.6. The Balaban J connectivity index is 1.22. The molecule has 0 fully saturated rings. The number of hydrogen-bond donors (Lipinski definition) is 1. The molecule has 1 N–H and O–H groups in total. The lowest BCUT2D eigenvalue weighted by Gasteiger charge is -2.34. The highest BCUT2D eigenvalue weighted by Crippen LogP contribution is 2.60. The van der Waals surface area contributed by atoms with Crippen LogP contribution >= 0.6 is 0 Å². The van der Waals surface area contributed by atoms with Crippen molar-refractivity contribution in [2.75, 3.05) is 9.80 Å². The molecule has 1 aromatic heterocycles. The first kappa shape index (κ1) is 34.4. The summed E-state index contributed by atoms with van der Waals surface area (Å²) >= 11 is 0. The first-order valence-electron chi connectivity index (χ1n) is 20.0. The van der Waals surface area contributed by atoms with E-state index < -0.39 is 5.41 Å². The summed E-state index contributed by atoms with van der Waals surface area (Å²) in [6, 6.07) is 78.2. The zero-order valence-electron chi connectivity index (χ0n) is 32.1. The van der Waals surface area contributed by atoms with E-state index >= 15 is 0 Å². The number of para-hydroxylation sites is 4. The van der Waals surface area contributed by atoms with Crippen LogP contribution in [0.1, 0.15) is 22.3 Å². The van der Waals surface area contributed by atoms with Crippen LogP contribution in [-0.4, -0.2) is 5.11 Å². The third-order valence-electron chi connectivity index (χ3n) is 11.8. The number of anilines is 6. The minimum atomic E-state index is -0.595. The lowest BCUT2D eigenvalue weighted by Crippen LogP contribution is -2.28. The first-order chi connectivity index (χ1) is 29.2. The van der Waals surface area contributed by atoms with Gasteiger partial charge in [-0.05, 0) is 94.5 Å². The molecule has 11 rings (SSSR count).